The summed E-state index contributed by atoms with van der Waals surface area (Å²) in [5.41, 5.74) is 3.89. The second kappa shape index (κ2) is 8.84. The molecule has 10 heteroatoms. The third-order valence-electron chi connectivity index (χ3n) is 5.84. The van der Waals surface area contributed by atoms with E-state index in [9.17, 15) is 18.0 Å². The quantitative estimate of drug-likeness (QED) is 0.604. The molecule has 0 aromatic carbocycles. The Balaban J connectivity index is 1.45. The number of aryl methyl sites for hydroxylation is 3. The van der Waals surface area contributed by atoms with E-state index in [0.717, 1.165) is 46.7 Å². The molecule has 1 aliphatic heterocycles. The number of hydrogen-bond donors (Lipinski definition) is 1. The highest BCUT2D eigenvalue weighted by molar-refractivity contribution is 6.04. The van der Waals surface area contributed by atoms with Crippen molar-refractivity contribution in [3.8, 4) is 0 Å². The molecule has 0 unspecified atom stereocenters. The summed E-state index contributed by atoms with van der Waals surface area (Å²) < 4.78 is 40.3. The van der Waals surface area contributed by atoms with Crippen LogP contribution in [-0.4, -0.2) is 38.7 Å². The fourth-order valence-electron chi connectivity index (χ4n) is 4.09. The molecule has 0 fully saturated rings. The highest BCUT2D eigenvalue weighted by Crippen LogP contribution is 2.34. The fraction of sp³-hybridized carbons (Fsp3) is 0.391. The summed E-state index contributed by atoms with van der Waals surface area (Å²) >= 11 is 0. The minimum absolute atomic E-state index is 0.0205. The summed E-state index contributed by atoms with van der Waals surface area (Å²) in [7, 11) is 1.92. The van der Waals surface area contributed by atoms with Gasteiger partial charge in [-0.25, -0.2) is 0 Å². The van der Waals surface area contributed by atoms with Gasteiger partial charge in [-0.15, -0.1) is 0 Å². The summed E-state index contributed by atoms with van der Waals surface area (Å²) in [4.78, 5) is 23.0. The molecule has 3 aromatic heterocycles. The number of carbonyl (C=O) groups excluding carboxylic acids is 1. The van der Waals surface area contributed by atoms with Crippen LogP contribution in [0.1, 0.15) is 41.6 Å². The maximum Gasteiger partial charge on any atom is 0.416 e. The van der Waals surface area contributed by atoms with Crippen molar-refractivity contribution >= 4 is 17.3 Å². The molecule has 1 atom stereocenters. The Morgan fingerprint density at radius 3 is 2.70 bits per heavy atom. The summed E-state index contributed by atoms with van der Waals surface area (Å²) in [5.74, 6) is -0.0205. The number of likely N-dealkylation sites (N-methyl/N-ethyl adjacent to an activating group) is 1. The van der Waals surface area contributed by atoms with Gasteiger partial charge in [0, 0.05) is 25.1 Å². The molecule has 1 aliphatic rings. The SMILES string of the molecule is CC[C@H]1C(=O)Nc2c(cc(CCc3cnn(Cc4cc(C(F)(F)F)ccn4)c3)nc2C)N1C. The summed E-state index contributed by atoms with van der Waals surface area (Å²) in [6.45, 7) is 4.01. The average Bonchev–Trinajstić information content (AvgIpc) is 3.20. The number of halogens is 3. The van der Waals surface area contributed by atoms with E-state index in [2.05, 4.69) is 20.4 Å². The molecule has 0 saturated carbocycles. The monoisotopic (exact) mass is 458 g/mol. The van der Waals surface area contributed by atoms with Crippen LogP contribution in [0.15, 0.2) is 36.8 Å². The predicted octanol–water partition coefficient (Wildman–Crippen LogP) is 4.00. The normalized spacial score (nSPS) is 16.0. The van der Waals surface area contributed by atoms with Gasteiger partial charge in [0.05, 0.1) is 41.1 Å². The van der Waals surface area contributed by atoms with Crippen molar-refractivity contribution in [1.82, 2.24) is 19.7 Å². The maximum absolute atomic E-state index is 12.9. The van der Waals surface area contributed by atoms with E-state index in [1.165, 1.54) is 0 Å². The van der Waals surface area contributed by atoms with Gasteiger partial charge in [-0.1, -0.05) is 6.92 Å². The second-order valence-electron chi connectivity index (χ2n) is 8.20. The van der Waals surface area contributed by atoms with Crippen molar-refractivity contribution in [3.05, 3.63) is 65.0 Å². The Labute approximate surface area is 189 Å². The molecule has 0 aliphatic carbocycles. The number of nitrogens with one attached hydrogen (secondary N) is 1. The van der Waals surface area contributed by atoms with Gasteiger partial charge in [-0.2, -0.15) is 18.3 Å². The summed E-state index contributed by atoms with van der Waals surface area (Å²) in [5, 5.41) is 7.23. The number of alkyl halides is 3. The Bertz CT molecular complexity index is 1170. The number of pyridine rings is 2. The van der Waals surface area contributed by atoms with Crippen molar-refractivity contribution in [2.45, 2.75) is 51.9 Å². The van der Waals surface area contributed by atoms with Crippen molar-refractivity contribution in [3.63, 3.8) is 0 Å². The predicted molar refractivity (Wildman–Crippen MR) is 118 cm³/mol. The number of amides is 1. The molecule has 0 bridgehead atoms. The minimum atomic E-state index is -4.40. The second-order valence-corrected chi connectivity index (χ2v) is 8.20. The molecule has 4 heterocycles. The van der Waals surface area contributed by atoms with Crippen molar-refractivity contribution in [2.75, 3.05) is 17.3 Å². The van der Waals surface area contributed by atoms with E-state index in [0.29, 0.717) is 25.0 Å². The molecule has 4 rings (SSSR count). The van der Waals surface area contributed by atoms with Gasteiger partial charge in [0.2, 0.25) is 5.91 Å². The number of carbonyl (C=O) groups is 1. The first kappa shape index (κ1) is 22.8. The van der Waals surface area contributed by atoms with Crippen molar-refractivity contribution in [2.24, 2.45) is 0 Å². The zero-order chi connectivity index (χ0) is 23.8. The molecule has 33 heavy (non-hydrogen) atoms. The van der Waals surface area contributed by atoms with E-state index in [1.54, 1.807) is 10.9 Å². The van der Waals surface area contributed by atoms with Crippen LogP contribution in [0.2, 0.25) is 0 Å². The zero-order valence-electron chi connectivity index (χ0n) is 18.6. The molecule has 0 spiro atoms. The number of aromatic nitrogens is 4. The Morgan fingerprint density at radius 2 is 1.97 bits per heavy atom. The molecule has 0 radical (unpaired) electrons. The molecule has 0 saturated heterocycles. The maximum atomic E-state index is 12.9. The Morgan fingerprint density at radius 1 is 1.18 bits per heavy atom. The van der Waals surface area contributed by atoms with Crippen LogP contribution in [0, 0.1) is 6.92 Å². The topological polar surface area (TPSA) is 75.9 Å². The lowest BCUT2D eigenvalue weighted by Gasteiger charge is -2.35. The molecular formula is C23H25F3N6O. The van der Waals surface area contributed by atoms with Crippen LogP contribution in [0.25, 0.3) is 0 Å². The summed E-state index contributed by atoms with van der Waals surface area (Å²) in [6.07, 6.45) is 2.33. The Hall–Kier alpha value is -3.43. The lowest BCUT2D eigenvalue weighted by Crippen LogP contribution is -2.46. The first-order chi connectivity index (χ1) is 15.7. The van der Waals surface area contributed by atoms with E-state index in [-0.39, 0.29) is 18.5 Å². The molecule has 1 N–H and O–H groups in total. The van der Waals surface area contributed by atoms with E-state index >= 15 is 0 Å². The van der Waals surface area contributed by atoms with Gasteiger partial charge in [0.1, 0.15) is 6.04 Å². The number of fused-ring (bicyclic) bond motifs is 1. The number of rotatable bonds is 6. The highest BCUT2D eigenvalue weighted by Gasteiger charge is 2.31. The zero-order valence-corrected chi connectivity index (χ0v) is 18.6. The lowest BCUT2D eigenvalue weighted by molar-refractivity contribution is -0.137. The first-order valence-electron chi connectivity index (χ1n) is 10.7. The molecule has 1 amide bonds. The number of hydrogen-bond acceptors (Lipinski definition) is 5. The molecule has 3 aromatic rings. The minimum Gasteiger partial charge on any atom is -0.361 e. The van der Waals surface area contributed by atoms with Crippen LogP contribution in [0.4, 0.5) is 24.5 Å². The Kier molecular flexibility index (Phi) is 6.09. The average molecular weight is 458 g/mol. The molecule has 174 valence electrons. The van der Waals surface area contributed by atoms with Gasteiger partial charge in [-0.3, -0.25) is 19.4 Å². The summed E-state index contributed by atoms with van der Waals surface area (Å²) in [6, 6.07) is 3.79. The third-order valence-corrected chi connectivity index (χ3v) is 5.84. The first-order valence-corrected chi connectivity index (χ1v) is 10.7. The van der Waals surface area contributed by atoms with E-state index < -0.39 is 11.7 Å². The van der Waals surface area contributed by atoms with Crippen LogP contribution in [0.3, 0.4) is 0 Å². The van der Waals surface area contributed by atoms with Gasteiger partial charge >= 0.3 is 6.18 Å². The van der Waals surface area contributed by atoms with Crippen molar-refractivity contribution in [1.29, 1.82) is 0 Å². The van der Waals surface area contributed by atoms with Gasteiger partial charge in [-0.05, 0) is 49.9 Å². The molecular weight excluding hydrogens is 433 g/mol. The van der Waals surface area contributed by atoms with Crippen LogP contribution >= 0.6 is 0 Å². The largest absolute Gasteiger partial charge is 0.416 e. The standard InChI is InChI=1S/C23H25F3N6O/c1-4-19-22(33)30-21-14(2)29-17(10-20(21)31(19)3)6-5-15-11-28-32(12-15)13-18-9-16(7-8-27-18)23(24,25)26/h7-12,19H,4-6,13H2,1-3H3,(H,30,33)/t19-/m0/s1. The molecule has 7 nitrogen and oxygen atoms in total. The van der Waals surface area contributed by atoms with Gasteiger partial charge < -0.3 is 10.2 Å². The lowest BCUT2D eigenvalue weighted by atomic mass is 10.0. The van der Waals surface area contributed by atoms with Gasteiger partial charge in [0.25, 0.3) is 0 Å². The van der Waals surface area contributed by atoms with E-state index in [4.69, 9.17) is 0 Å². The fourth-order valence-corrected chi connectivity index (χ4v) is 4.09. The smallest absolute Gasteiger partial charge is 0.361 e. The number of nitrogens with zero attached hydrogens (tertiary/aromatic N) is 5. The highest BCUT2D eigenvalue weighted by atomic mass is 19.4. The van der Waals surface area contributed by atoms with Crippen LogP contribution < -0.4 is 10.2 Å². The third kappa shape index (κ3) is 4.84. The van der Waals surface area contributed by atoms with Crippen LogP contribution in [0.5, 0.6) is 0 Å². The van der Waals surface area contributed by atoms with E-state index in [1.807, 2.05) is 38.1 Å². The number of anilines is 2. The van der Waals surface area contributed by atoms with Crippen molar-refractivity contribution < 1.29 is 18.0 Å². The van der Waals surface area contributed by atoms with Crippen LogP contribution in [-0.2, 0) is 30.4 Å². The van der Waals surface area contributed by atoms with Gasteiger partial charge in [0.15, 0.2) is 0 Å².